The largest absolute Gasteiger partial charge is 0.465 e. The monoisotopic (exact) mass is 298 g/mol. The van der Waals surface area contributed by atoms with Crippen molar-refractivity contribution >= 4 is 5.97 Å². The maximum Gasteiger partial charge on any atom is 0.419 e. The number of hydrogen-bond acceptors (Lipinski definition) is 2. The van der Waals surface area contributed by atoms with E-state index in [-0.39, 0.29) is 11.1 Å². The van der Waals surface area contributed by atoms with Crippen LogP contribution in [0.4, 0.5) is 17.6 Å². The fraction of sp³-hybridized carbons (Fsp3) is 0.133. The Morgan fingerprint density at radius 3 is 2.10 bits per heavy atom. The Kier molecular flexibility index (Phi) is 3.97. The van der Waals surface area contributed by atoms with Crippen LogP contribution >= 0.6 is 0 Å². The van der Waals surface area contributed by atoms with E-state index < -0.39 is 23.5 Å². The summed E-state index contributed by atoms with van der Waals surface area (Å²) in [5.74, 6) is -1.87. The summed E-state index contributed by atoms with van der Waals surface area (Å²) in [5, 5.41) is 0. The molecule has 6 heteroatoms. The van der Waals surface area contributed by atoms with Crippen molar-refractivity contribution in [3.63, 3.8) is 0 Å². The molecule has 0 radical (unpaired) electrons. The highest BCUT2D eigenvalue weighted by Gasteiger charge is 2.34. The molecule has 0 bridgehead atoms. The molecular formula is C15H10F4O2. The van der Waals surface area contributed by atoms with Gasteiger partial charge in [0.05, 0.1) is 18.2 Å². The molecule has 110 valence electrons. The van der Waals surface area contributed by atoms with Gasteiger partial charge < -0.3 is 4.74 Å². The molecule has 0 saturated carbocycles. The van der Waals surface area contributed by atoms with Crippen molar-refractivity contribution in [1.82, 2.24) is 0 Å². The lowest BCUT2D eigenvalue weighted by molar-refractivity contribution is -0.139. The summed E-state index contributed by atoms with van der Waals surface area (Å²) in [4.78, 5) is 11.3. The first kappa shape index (κ1) is 15.0. The van der Waals surface area contributed by atoms with E-state index in [9.17, 15) is 22.4 Å². The SMILES string of the molecule is COC(=O)c1ccc(-c2ccc(F)c(C(F)(F)F)c2)cc1. The van der Waals surface area contributed by atoms with Crippen LogP contribution in [0.15, 0.2) is 42.5 Å². The topological polar surface area (TPSA) is 26.3 Å². The Bertz CT molecular complexity index is 660. The first-order valence-electron chi connectivity index (χ1n) is 5.88. The lowest BCUT2D eigenvalue weighted by atomic mass is 10.0. The van der Waals surface area contributed by atoms with Gasteiger partial charge in [0.2, 0.25) is 0 Å². The Balaban J connectivity index is 2.41. The molecule has 2 aromatic carbocycles. The highest BCUT2D eigenvalue weighted by atomic mass is 19.4. The minimum Gasteiger partial charge on any atom is -0.465 e. The van der Waals surface area contributed by atoms with E-state index in [4.69, 9.17) is 0 Å². The molecule has 0 unspecified atom stereocenters. The minimum absolute atomic E-state index is 0.208. The van der Waals surface area contributed by atoms with Crippen molar-refractivity contribution in [3.05, 3.63) is 59.4 Å². The molecule has 0 aliphatic heterocycles. The van der Waals surface area contributed by atoms with Crippen LogP contribution in [0.25, 0.3) is 11.1 Å². The molecule has 0 aliphatic rings. The smallest absolute Gasteiger partial charge is 0.419 e. The summed E-state index contributed by atoms with van der Waals surface area (Å²) in [7, 11) is 1.23. The van der Waals surface area contributed by atoms with Crippen LogP contribution in [0.2, 0.25) is 0 Å². The molecule has 0 aromatic heterocycles. The number of hydrogen-bond donors (Lipinski definition) is 0. The van der Waals surface area contributed by atoms with Crippen molar-refractivity contribution in [3.8, 4) is 11.1 Å². The summed E-state index contributed by atoms with van der Waals surface area (Å²) in [5.41, 5.74) is -0.398. The van der Waals surface area contributed by atoms with Gasteiger partial charge in [-0.2, -0.15) is 13.2 Å². The molecule has 21 heavy (non-hydrogen) atoms. The predicted molar refractivity (Wildman–Crippen MR) is 68.2 cm³/mol. The van der Waals surface area contributed by atoms with Crippen LogP contribution in [0.1, 0.15) is 15.9 Å². The number of carbonyl (C=O) groups excluding carboxylic acids is 1. The Morgan fingerprint density at radius 1 is 1.00 bits per heavy atom. The normalized spacial score (nSPS) is 11.3. The van der Waals surface area contributed by atoms with Crippen LogP contribution in [0, 0.1) is 5.82 Å². The van der Waals surface area contributed by atoms with E-state index in [0.717, 1.165) is 12.1 Å². The van der Waals surface area contributed by atoms with Crippen LogP contribution < -0.4 is 0 Å². The second-order valence-electron chi connectivity index (χ2n) is 4.26. The summed E-state index contributed by atoms with van der Waals surface area (Å²) in [6.07, 6.45) is -4.76. The number of alkyl halides is 3. The average molecular weight is 298 g/mol. The van der Waals surface area contributed by atoms with Crippen molar-refractivity contribution in [2.45, 2.75) is 6.18 Å². The summed E-state index contributed by atoms with van der Waals surface area (Å²) >= 11 is 0. The van der Waals surface area contributed by atoms with Crippen molar-refractivity contribution < 1.29 is 27.1 Å². The molecule has 0 aliphatic carbocycles. The van der Waals surface area contributed by atoms with E-state index in [2.05, 4.69) is 4.74 Å². The number of rotatable bonds is 2. The Hall–Kier alpha value is -2.37. The molecule has 2 rings (SSSR count). The molecule has 0 amide bonds. The van der Waals surface area contributed by atoms with Gasteiger partial charge in [-0.1, -0.05) is 18.2 Å². The quantitative estimate of drug-likeness (QED) is 0.610. The zero-order valence-corrected chi connectivity index (χ0v) is 10.9. The molecule has 0 atom stereocenters. The maximum atomic E-state index is 13.2. The van der Waals surface area contributed by atoms with Gasteiger partial charge in [0, 0.05) is 0 Å². The van der Waals surface area contributed by atoms with E-state index in [1.165, 1.54) is 37.4 Å². The summed E-state index contributed by atoms with van der Waals surface area (Å²) in [6.45, 7) is 0. The first-order chi connectivity index (χ1) is 9.82. The zero-order chi connectivity index (χ0) is 15.6. The number of halogens is 4. The number of methoxy groups -OCH3 is 1. The second-order valence-corrected chi connectivity index (χ2v) is 4.26. The molecule has 0 fully saturated rings. The highest BCUT2D eigenvalue weighted by Crippen LogP contribution is 2.34. The third-order valence-corrected chi connectivity index (χ3v) is 2.91. The van der Waals surface area contributed by atoms with Gasteiger partial charge >= 0.3 is 12.1 Å². The van der Waals surface area contributed by atoms with Crippen LogP contribution in [0.3, 0.4) is 0 Å². The minimum atomic E-state index is -4.76. The van der Waals surface area contributed by atoms with E-state index in [0.29, 0.717) is 5.56 Å². The zero-order valence-electron chi connectivity index (χ0n) is 10.9. The second kappa shape index (κ2) is 5.55. The van der Waals surface area contributed by atoms with Gasteiger partial charge in [-0.05, 0) is 35.4 Å². The molecule has 0 heterocycles. The lowest BCUT2D eigenvalue weighted by Crippen LogP contribution is -2.08. The third kappa shape index (κ3) is 3.21. The molecular weight excluding hydrogens is 288 g/mol. The highest BCUT2D eigenvalue weighted by molar-refractivity contribution is 5.89. The predicted octanol–water partition coefficient (Wildman–Crippen LogP) is 4.30. The van der Waals surface area contributed by atoms with Gasteiger partial charge in [0.1, 0.15) is 5.82 Å². The van der Waals surface area contributed by atoms with Crippen LogP contribution in [-0.2, 0) is 10.9 Å². The summed E-state index contributed by atoms with van der Waals surface area (Å²) < 4.78 is 55.7. The number of carbonyl (C=O) groups is 1. The van der Waals surface area contributed by atoms with E-state index >= 15 is 0 Å². The summed E-state index contributed by atoms with van der Waals surface area (Å²) in [6, 6.07) is 8.56. The first-order valence-corrected chi connectivity index (χ1v) is 5.88. The lowest BCUT2D eigenvalue weighted by Gasteiger charge is -2.10. The molecule has 0 saturated heterocycles. The maximum absolute atomic E-state index is 13.2. The molecule has 0 N–H and O–H groups in total. The van der Waals surface area contributed by atoms with E-state index in [1.807, 2.05) is 0 Å². The van der Waals surface area contributed by atoms with Crippen molar-refractivity contribution in [2.24, 2.45) is 0 Å². The molecule has 0 spiro atoms. The fourth-order valence-electron chi connectivity index (χ4n) is 1.84. The van der Waals surface area contributed by atoms with E-state index in [1.54, 1.807) is 0 Å². The van der Waals surface area contributed by atoms with Crippen molar-refractivity contribution in [1.29, 1.82) is 0 Å². The average Bonchev–Trinajstić information content (AvgIpc) is 2.46. The van der Waals surface area contributed by atoms with Gasteiger partial charge in [-0.3, -0.25) is 0 Å². The number of benzene rings is 2. The molecule has 2 aromatic rings. The van der Waals surface area contributed by atoms with Gasteiger partial charge in [-0.25, -0.2) is 9.18 Å². The van der Waals surface area contributed by atoms with Crippen LogP contribution in [-0.4, -0.2) is 13.1 Å². The Morgan fingerprint density at radius 2 is 1.57 bits per heavy atom. The van der Waals surface area contributed by atoms with Gasteiger partial charge in [0.15, 0.2) is 0 Å². The Labute approximate surface area is 118 Å². The number of ether oxygens (including phenoxy) is 1. The van der Waals surface area contributed by atoms with Crippen LogP contribution in [0.5, 0.6) is 0 Å². The number of esters is 1. The standard InChI is InChI=1S/C15H10F4O2/c1-21-14(20)10-4-2-9(3-5-10)11-6-7-13(16)12(8-11)15(17,18)19/h2-8H,1H3. The third-order valence-electron chi connectivity index (χ3n) is 2.91. The fourth-order valence-corrected chi connectivity index (χ4v) is 1.84. The van der Waals surface area contributed by atoms with Gasteiger partial charge in [0.25, 0.3) is 0 Å². The van der Waals surface area contributed by atoms with Gasteiger partial charge in [-0.15, -0.1) is 0 Å². The molecule has 2 nitrogen and oxygen atoms in total. The van der Waals surface area contributed by atoms with Crippen molar-refractivity contribution in [2.75, 3.05) is 7.11 Å².